The minimum absolute atomic E-state index is 0.0375. The molecule has 2 aliphatic rings. The molecular weight excluding hydrogens is 371 g/mol. The third-order valence-electron chi connectivity index (χ3n) is 6.22. The Morgan fingerprint density at radius 2 is 1.90 bits per heavy atom. The second kappa shape index (κ2) is 7.97. The van der Waals surface area contributed by atoms with Crippen molar-refractivity contribution in [2.45, 2.75) is 58.0 Å². The molecule has 2 amide bonds. The Balaban J connectivity index is 1.74. The van der Waals surface area contributed by atoms with Crippen LogP contribution in [0.15, 0.2) is 24.3 Å². The molecule has 2 atom stereocenters. The fourth-order valence-corrected chi connectivity index (χ4v) is 4.47. The molecule has 0 spiro atoms. The summed E-state index contributed by atoms with van der Waals surface area (Å²) in [6.45, 7) is 3.14. The third-order valence-corrected chi connectivity index (χ3v) is 6.22. The number of fused-ring (bicyclic) bond motifs is 1. The molecule has 6 nitrogen and oxygen atoms in total. The van der Waals surface area contributed by atoms with Crippen molar-refractivity contribution in [3.8, 4) is 11.4 Å². The Hall–Kier alpha value is -2.70. The van der Waals surface area contributed by atoms with E-state index in [-0.39, 0.29) is 29.6 Å². The molecule has 0 aliphatic carbocycles. The van der Waals surface area contributed by atoms with Crippen LogP contribution in [0.5, 0.6) is 0 Å². The highest BCUT2D eigenvalue weighted by Crippen LogP contribution is 2.30. The molecule has 3 heterocycles. The largest absolute Gasteiger partial charge is 0.369 e. The predicted molar refractivity (Wildman–Crippen MR) is 108 cm³/mol. The van der Waals surface area contributed by atoms with Crippen LogP contribution in [0.2, 0.25) is 0 Å². The zero-order valence-electron chi connectivity index (χ0n) is 16.7. The summed E-state index contributed by atoms with van der Waals surface area (Å²) in [5.41, 5.74) is 7.72. The van der Waals surface area contributed by atoms with Crippen molar-refractivity contribution in [3.63, 3.8) is 0 Å². The number of amides is 2. The molecule has 0 saturated carbocycles. The molecule has 29 heavy (non-hydrogen) atoms. The van der Waals surface area contributed by atoms with E-state index in [9.17, 15) is 14.0 Å². The van der Waals surface area contributed by atoms with Gasteiger partial charge in [0.2, 0.25) is 5.91 Å². The Labute approximate surface area is 169 Å². The summed E-state index contributed by atoms with van der Waals surface area (Å²) in [5.74, 6) is -0.394. The van der Waals surface area contributed by atoms with Gasteiger partial charge in [-0.2, -0.15) is 0 Å². The molecule has 1 aromatic heterocycles. The van der Waals surface area contributed by atoms with Crippen molar-refractivity contribution in [2.24, 2.45) is 11.7 Å². The van der Waals surface area contributed by atoms with E-state index in [1.54, 1.807) is 17.0 Å². The molecule has 4 rings (SSSR count). The highest BCUT2D eigenvalue weighted by Gasteiger charge is 2.35. The Morgan fingerprint density at radius 3 is 2.62 bits per heavy atom. The van der Waals surface area contributed by atoms with E-state index < -0.39 is 0 Å². The number of aromatic nitrogens is 2. The highest BCUT2D eigenvalue weighted by molar-refractivity contribution is 5.95. The maximum Gasteiger partial charge on any atom is 0.274 e. The van der Waals surface area contributed by atoms with Crippen molar-refractivity contribution in [1.29, 1.82) is 0 Å². The SMILES string of the molecule is C[C@@H]1CC[C@H](C(N)=O)CN1C(=O)c1nc(-c2ccc(F)cc2)n2c1CCCCC2. The van der Waals surface area contributed by atoms with Gasteiger partial charge in [-0.25, -0.2) is 9.37 Å². The van der Waals surface area contributed by atoms with Crippen molar-refractivity contribution in [3.05, 3.63) is 41.5 Å². The van der Waals surface area contributed by atoms with E-state index in [0.29, 0.717) is 24.5 Å². The predicted octanol–water partition coefficient (Wildman–Crippen LogP) is 3.14. The summed E-state index contributed by atoms with van der Waals surface area (Å²) in [7, 11) is 0. The monoisotopic (exact) mass is 398 g/mol. The molecule has 1 saturated heterocycles. The first-order chi connectivity index (χ1) is 14.0. The molecule has 154 valence electrons. The smallest absolute Gasteiger partial charge is 0.274 e. The van der Waals surface area contributed by atoms with Crippen LogP contribution in [-0.4, -0.2) is 38.9 Å². The van der Waals surface area contributed by atoms with E-state index >= 15 is 0 Å². The number of primary amides is 1. The average molecular weight is 398 g/mol. The van der Waals surface area contributed by atoms with Crippen LogP contribution in [0.1, 0.15) is 55.2 Å². The number of hydrogen-bond acceptors (Lipinski definition) is 3. The summed E-state index contributed by atoms with van der Waals surface area (Å²) in [6.07, 6.45) is 5.38. The molecule has 1 aromatic carbocycles. The van der Waals surface area contributed by atoms with Gasteiger partial charge in [-0.15, -0.1) is 0 Å². The van der Waals surface area contributed by atoms with Crippen LogP contribution in [0.3, 0.4) is 0 Å². The number of likely N-dealkylation sites (tertiary alicyclic amines) is 1. The van der Waals surface area contributed by atoms with Gasteiger partial charge in [-0.3, -0.25) is 9.59 Å². The van der Waals surface area contributed by atoms with Crippen LogP contribution < -0.4 is 5.73 Å². The minimum Gasteiger partial charge on any atom is -0.369 e. The standard InChI is InChI=1S/C22H27FN4O2/c1-14-6-7-16(20(24)28)13-27(14)22(29)19-18-5-3-2-4-12-26(18)21(25-19)15-8-10-17(23)11-9-15/h8-11,14,16H,2-7,12-13H2,1H3,(H2,24,28)/t14-,16+/m1/s1. The first-order valence-electron chi connectivity index (χ1n) is 10.4. The molecule has 0 unspecified atom stereocenters. The van der Waals surface area contributed by atoms with Gasteiger partial charge >= 0.3 is 0 Å². The second-order valence-electron chi connectivity index (χ2n) is 8.18. The topological polar surface area (TPSA) is 81.2 Å². The number of nitrogens with zero attached hydrogens (tertiary/aromatic N) is 3. The molecular formula is C22H27FN4O2. The van der Waals surface area contributed by atoms with E-state index in [4.69, 9.17) is 10.7 Å². The van der Waals surface area contributed by atoms with Gasteiger partial charge < -0.3 is 15.2 Å². The van der Waals surface area contributed by atoms with Crippen molar-refractivity contribution in [1.82, 2.24) is 14.5 Å². The van der Waals surface area contributed by atoms with Gasteiger partial charge in [0, 0.05) is 24.7 Å². The lowest BCUT2D eigenvalue weighted by molar-refractivity contribution is -0.123. The van der Waals surface area contributed by atoms with Crippen LogP contribution in [0.4, 0.5) is 4.39 Å². The number of piperidine rings is 1. The lowest BCUT2D eigenvalue weighted by Crippen LogP contribution is -2.48. The number of imidazole rings is 1. The van der Waals surface area contributed by atoms with E-state index in [2.05, 4.69) is 4.57 Å². The normalized spacial score (nSPS) is 22.1. The number of rotatable bonds is 3. The molecule has 2 aliphatic heterocycles. The zero-order valence-corrected chi connectivity index (χ0v) is 16.7. The molecule has 1 fully saturated rings. The zero-order chi connectivity index (χ0) is 20.5. The summed E-state index contributed by atoms with van der Waals surface area (Å²) >= 11 is 0. The van der Waals surface area contributed by atoms with E-state index in [1.807, 2.05) is 6.92 Å². The van der Waals surface area contributed by atoms with Gasteiger partial charge in [-0.05, 0) is 63.3 Å². The number of benzene rings is 1. The van der Waals surface area contributed by atoms with Gasteiger partial charge in [0.05, 0.1) is 11.6 Å². The van der Waals surface area contributed by atoms with Gasteiger partial charge in [0.25, 0.3) is 5.91 Å². The lowest BCUT2D eigenvalue weighted by Gasteiger charge is -2.36. The van der Waals surface area contributed by atoms with Gasteiger partial charge in [0.15, 0.2) is 0 Å². The molecule has 7 heteroatoms. The van der Waals surface area contributed by atoms with Crippen LogP contribution in [0.25, 0.3) is 11.4 Å². The van der Waals surface area contributed by atoms with E-state index in [1.165, 1.54) is 12.1 Å². The highest BCUT2D eigenvalue weighted by atomic mass is 19.1. The molecule has 2 aromatic rings. The summed E-state index contributed by atoms with van der Waals surface area (Å²) in [4.78, 5) is 31.7. The number of nitrogens with two attached hydrogens (primary N) is 1. The fraction of sp³-hybridized carbons (Fsp3) is 0.500. The van der Waals surface area contributed by atoms with E-state index in [0.717, 1.165) is 49.9 Å². The second-order valence-corrected chi connectivity index (χ2v) is 8.18. The molecule has 0 bridgehead atoms. The summed E-state index contributed by atoms with van der Waals surface area (Å²) in [6, 6.07) is 6.28. The maximum atomic E-state index is 13.5. The average Bonchev–Trinajstić information content (AvgIpc) is 2.89. The molecule has 2 N–H and O–H groups in total. The third kappa shape index (κ3) is 3.78. The Bertz CT molecular complexity index is 922. The van der Waals surface area contributed by atoms with Crippen molar-refractivity contribution >= 4 is 11.8 Å². The summed E-state index contributed by atoms with van der Waals surface area (Å²) in [5, 5.41) is 0. The number of halogens is 1. The fourth-order valence-electron chi connectivity index (χ4n) is 4.47. The maximum absolute atomic E-state index is 13.5. The quantitative estimate of drug-likeness (QED) is 0.862. The summed E-state index contributed by atoms with van der Waals surface area (Å²) < 4.78 is 15.5. The van der Waals surface area contributed by atoms with Crippen molar-refractivity contribution in [2.75, 3.05) is 6.54 Å². The Kier molecular flexibility index (Phi) is 5.39. The van der Waals surface area contributed by atoms with Crippen LogP contribution >= 0.6 is 0 Å². The Morgan fingerprint density at radius 1 is 1.14 bits per heavy atom. The molecule has 0 radical (unpaired) electrons. The number of hydrogen-bond donors (Lipinski definition) is 1. The minimum atomic E-state index is -0.356. The van der Waals surface area contributed by atoms with Crippen molar-refractivity contribution < 1.29 is 14.0 Å². The first-order valence-corrected chi connectivity index (χ1v) is 10.4. The number of carbonyl (C=O) groups is 2. The number of carbonyl (C=O) groups excluding carboxylic acids is 2. The van der Waals surface area contributed by atoms with Gasteiger partial charge in [-0.1, -0.05) is 6.42 Å². The first kappa shape index (κ1) is 19.6. The van der Waals surface area contributed by atoms with Crippen LogP contribution in [-0.2, 0) is 17.8 Å². The lowest BCUT2D eigenvalue weighted by atomic mass is 9.92. The van der Waals surface area contributed by atoms with Gasteiger partial charge in [0.1, 0.15) is 17.3 Å². The van der Waals surface area contributed by atoms with Crippen LogP contribution in [0, 0.1) is 11.7 Å².